The standard InChI is InChI=1S/C22H21FN4O4/c1-13-24-21(26-31-13)14-5-7-17(16(23)10-14)27-9-3-2-4-18(27)22(28)25-15-6-8-19-20(11-15)30-12-29-19/h5-8,10-11,18H,2-4,9,12H2,1H3,(H,25,28). The third-order valence-corrected chi connectivity index (χ3v) is 5.49. The average Bonchev–Trinajstić information content (AvgIpc) is 3.42. The molecule has 9 heteroatoms. The molecule has 0 radical (unpaired) electrons. The Morgan fingerprint density at radius 3 is 2.84 bits per heavy atom. The van der Waals surface area contributed by atoms with Crippen LogP contribution in [-0.4, -0.2) is 35.4 Å². The number of anilines is 2. The van der Waals surface area contributed by atoms with Gasteiger partial charge in [0.05, 0.1) is 5.69 Å². The van der Waals surface area contributed by atoms with Crippen LogP contribution in [0, 0.1) is 12.7 Å². The summed E-state index contributed by atoms with van der Waals surface area (Å²) in [7, 11) is 0. The summed E-state index contributed by atoms with van der Waals surface area (Å²) in [5.74, 6) is 1.38. The quantitative estimate of drug-likeness (QED) is 0.679. The van der Waals surface area contributed by atoms with Crippen LogP contribution in [0.3, 0.4) is 0 Å². The van der Waals surface area contributed by atoms with Gasteiger partial charge in [-0.25, -0.2) is 4.39 Å². The Labute approximate surface area is 178 Å². The molecule has 2 aliphatic rings. The summed E-state index contributed by atoms with van der Waals surface area (Å²) >= 11 is 0. The first-order chi connectivity index (χ1) is 15.1. The van der Waals surface area contributed by atoms with Gasteiger partial charge in [0, 0.05) is 30.8 Å². The SMILES string of the molecule is Cc1nc(-c2ccc(N3CCCCC3C(=O)Nc3ccc4c(c3)OCO4)c(F)c2)no1. The minimum Gasteiger partial charge on any atom is -0.454 e. The second-order valence-electron chi connectivity index (χ2n) is 7.57. The second-order valence-corrected chi connectivity index (χ2v) is 7.57. The van der Waals surface area contributed by atoms with Gasteiger partial charge < -0.3 is 24.2 Å². The number of aromatic nitrogens is 2. The van der Waals surface area contributed by atoms with Gasteiger partial charge in [0.25, 0.3) is 0 Å². The summed E-state index contributed by atoms with van der Waals surface area (Å²) in [6.07, 6.45) is 2.43. The van der Waals surface area contributed by atoms with Crippen molar-refractivity contribution < 1.29 is 23.2 Å². The summed E-state index contributed by atoms with van der Waals surface area (Å²) in [6.45, 7) is 2.44. The van der Waals surface area contributed by atoms with Gasteiger partial charge in [0.2, 0.25) is 24.4 Å². The van der Waals surface area contributed by atoms with E-state index in [1.807, 2.05) is 4.90 Å². The highest BCUT2D eigenvalue weighted by atomic mass is 19.1. The summed E-state index contributed by atoms with van der Waals surface area (Å²) < 4.78 is 30.7. The Bertz CT molecular complexity index is 1130. The number of carbonyl (C=O) groups excluding carboxylic acids is 1. The summed E-state index contributed by atoms with van der Waals surface area (Å²) in [4.78, 5) is 19.0. The monoisotopic (exact) mass is 424 g/mol. The maximum atomic E-state index is 15.1. The van der Waals surface area contributed by atoms with E-state index in [0.717, 1.165) is 12.8 Å². The van der Waals surface area contributed by atoms with Gasteiger partial charge in [-0.15, -0.1) is 0 Å². The molecule has 160 valence electrons. The smallest absolute Gasteiger partial charge is 0.247 e. The number of halogens is 1. The third-order valence-electron chi connectivity index (χ3n) is 5.49. The van der Waals surface area contributed by atoms with E-state index in [-0.39, 0.29) is 12.7 Å². The predicted octanol–water partition coefficient (Wildman–Crippen LogP) is 3.91. The molecule has 1 aromatic heterocycles. The van der Waals surface area contributed by atoms with Crippen molar-refractivity contribution in [1.29, 1.82) is 0 Å². The van der Waals surface area contributed by atoms with Crippen LogP contribution in [0.5, 0.6) is 11.5 Å². The largest absolute Gasteiger partial charge is 0.454 e. The highest BCUT2D eigenvalue weighted by Gasteiger charge is 2.31. The zero-order chi connectivity index (χ0) is 21.4. The molecule has 1 amide bonds. The highest BCUT2D eigenvalue weighted by Crippen LogP contribution is 2.35. The lowest BCUT2D eigenvalue weighted by Gasteiger charge is -2.36. The van der Waals surface area contributed by atoms with Gasteiger partial charge in [-0.3, -0.25) is 4.79 Å². The molecule has 5 rings (SSSR count). The van der Waals surface area contributed by atoms with Crippen LogP contribution in [-0.2, 0) is 4.79 Å². The average molecular weight is 424 g/mol. The zero-order valence-electron chi connectivity index (χ0n) is 16.9. The number of hydrogen-bond donors (Lipinski definition) is 1. The number of fused-ring (bicyclic) bond motifs is 1. The number of piperidine rings is 1. The van der Waals surface area contributed by atoms with Crippen LogP contribution in [0.4, 0.5) is 15.8 Å². The minimum atomic E-state index is -0.480. The maximum absolute atomic E-state index is 15.1. The van der Waals surface area contributed by atoms with Crippen molar-refractivity contribution in [3.8, 4) is 22.9 Å². The molecule has 3 heterocycles. The molecule has 2 aromatic carbocycles. The number of aryl methyl sites for hydroxylation is 1. The fourth-order valence-electron chi connectivity index (χ4n) is 3.99. The number of benzene rings is 2. The minimum absolute atomic E-state index is 0.168. The maximum Gasteiger partial charge on any atom is 0.247 e. The molecule has 3 aromatic rings. The Morgan fingerprint density at radius 1 is 1.16 bits per heavy atom. The topological polar surface area (TPSA) is 89.7 Å². The first-order valence-corrected chi connectivity index (χ1v) is 10.2. The van der Waals surface area contributed by atoms with Gasteiger partial charge in [-0.2, -0.15) is 4.98 Å². The van der Waals surface area contributed by atoms with Crippen LogP contribution < -0.4 is 19.7 Å². The number of hydrogen-bond acceptors (Lipinski definition) is 7. The Hall–Kier alpha value is -3.62. The molecular weight excluding hydrogens is 403 g/mol. The normalized spacial score (nSPS) is 17.6. The molecule has 0 aliphatic carbocycles. The Kier molecular flexibility index (Phi) is 4.93. The number of amides is 1. The third kappa shape index (κ3) is 3.78. The lowest BCUT2D eigenvalue weighted by Crippen LogP contribution is -2.47. The summed E-state index contributed by atoms with van der Waals surface area (Å²) in [6, 6.07) is 9.56. The molecular formula is C22H21FN4O4. The molecule has 0 bridgehead atoms. The number of carbonyl (C=O) groups is 1. The van der Waals surface area contributed by atoms with E-state index in [2.05, 4.69) is 15.5 Å². The van der Waals surface area contributed by atoms with Crippen molar-refractivity contribution >= 4 is 17.3 Å². The fraction of sp³-hybridized carbons (Fsp3) is 0.318. The summed E-state index contributed by atoms with van der Waals surface area (Å²) in [5, 5.41) is 6.76. The predicted molar refractivity (Wildman–Crippen MR) is 111 cm³/mol. The van der Waals surface area contributed by atoms with Gasteiger partial charge in [0.15, 0.2) is 11.5 Å². The van der Waals surface area contributed by atoms with Gasteiger partial charge >= 0.3 is 0 Å². The van der Waals surface area contributed by atoms with Crippen molar-refractivity contribution in [3.05, 3.63) is 48.1 Å². The van der Waals surface area contributed by atoms with Gasteiger partial charge in [-0.05, 0) is 49.6 Å². The van der Waals surface area contributed by atoms with E-state index in [1.54, 1.807) is 37.3 Å². The number of rotatable bonds is 4. The van der Waals surface area contributed by atoms with Gasteiger partial charge in [-0.1, -0.05) is 5.16 Å². The highest BCUT2D eigenvalue weighted by molar-refractivity contribution is 5.97. The molecule has 1 unspecified atom stereocenters. The van der Waals surface area contributed by atoms with E-state index >= 15 is 4.39 Å². The first kappa shape index (κ1) is 19.3. The molecule has 0 spiro atoms. The van der Waals surface area contributed by atoms with Crippen molar-refractivity contribution in [2.75, 3.05) is 23.6 Å². The van der Waals surface area contributed by atoms with Crippen molar-refractivity contribution in [1.82, 2.24) is 10.1 Å². The van der Waals surface area contributed by atoms with Crippen LogP contribution in [0.25, 0.3) is 11.4 Å². The molecule has 1 atom stereocenters. The van der Waals surface area contributed by atoms with E-state index in [4.69, 9.17) is 14.0 Å². The number of nitrogens with one attached hydrogen (secondary N) is 1. The van der Waals surface area contributed by atoms with Crippen LogP contribution >= 0.6 is 0 Å². The zero-order valence-corrected chi connectivity index (χ0v) is 16.9. The molecule has 1 fully saturated rings. The van der Waals surface area contributed by atoms with E-state index in [1.165, 1.54) is 6.07 Å². The molecule has 0 saturated carbocycles. The number of nitrogens with zero attached hydrogens (tertiary/aromatic N) is 3. The molecule has 31 heavy (non-hydrogen) atoms. The van der Waals surface area contributed by atoms with Crippen LogP contribution in [0.15, 0.2) is 40.9 Å². The molecule has 1 N–H and O–H groups in total. The Morgan fingerprint density at radius 2 is 2.03 bits per heavy atom. The van der Waals surface area contributed by atoms with Crippen LogP contribution in [0.1, 0.15) is 25.2 Å². The van der Waals surface area contributed by atoms with Crippen molar-refractivity contribution in [2.24, 2.45) is 0 Å². The molecule has 1 saturated heterocycles. The Balaban J connectivity index is 1.37. The van der Waals surface area contributed by atoms with E-state index in [9.17, 15) is 4.79 Å². The van der Waals surface area contributed by atoms with Crippen LogP contribution in [0.2, 0.25) is 0 Å². The second kappa shape index (κ2) is 7.90. The van der Waals surface area contributed by atoms with E-state index in [0.29, 0.717) is 53.1 Å². The van der Waals surface area contributed by atoms with E-state index < -0.39 is 11.9 Å². The molecule has 8 nitrogen and oxygen atoms in total. The first-order valence-electron chi connectivity index (χ1n) is 10.2. The van der Waals surface area contributed by atoms with Crippen molar-refractivity contribution in [2.45, 2.75) is 32.2 Å². The van der Waals surface area contributed by atoms with Crippen molar-refractivity contribution in [3.63, 3.8) is 0 Å². The summed E-state index contributed by atoms with van der Waals surface area (Å²) in [5.41, 5.74) is 1.52. The lowest BCUT2D eigenvalue weighted by molar-refractivity contribution is -0.117. The number of ether oxygens (including phenoxy) is 2. The molecule has 2 aliphatic heterocycles. The van der Waals surface area contributed by atoms with Gasteiger partial charge in [0.1, 0.15) is 11.9 Å². The fourth-order valence-corrected chi connectivity index (χ4v) is 3.99. The lowest BCUT2D eigenvalue weighted by atomic mass is 9.99.